The van der Waals surface area contributed by atoms with Gasteiger partial charge < -0.3 is 0 Å². The van der Waals surface area contributed by atoms with Crippen molar-refractivity contribution in [1.82, 2.24) is 24.9 Å². The van der Waals surface area contributed by atoms with E-state index in [0.717, 1.165) is 60.5 Å². The van der Waals surface area contributed by atoms with Crippen molar-refractivity contribution < 1.29 is 0 Å². The molecule has 5 nitrogen and oxygen atoms in total. The maximum absolute atomic E-state index is 5.15. The second-order valence-electron chi connectivity index (χ2n) is 10.2. The van der Waals surface area contributed by atoms with Gasteiger partial charge in [0.1, 0.15) is 0 Å². The average Bonchev–Trinajstić information content (AvgIpc) is 3.08. The van der Waals surface area contributed by atoms with Crippen molar-refractivity contribution >= 4 is 32.6 Å². The minimum absolute atomic E-state index is 0.629. The Labute approximate surface area is 242 Å². The van der Waals surface area contributed by atoms with Crippen molar-refractivity contribution in [3.8, 4) is 45.4 Å². The third-order valence-corrected chi connectivity index (χ3v) is 7.55. The minimum atomic E-state index is 0.629. The Balaban J connectivity index is 1.23. The van der Waals surface area contributed by atoms with E-state index in [4.69, 9.17) is 24.9 Å². The van der Waals surface area contributed by atoms with Crippen LogP contribution in [-0.2, 0) is 0 Å². The summed E-state index contributed by atoms with van der Waals surface area (Å²) in [6, 6.07) is 45.1. The smallest absolute Gasteiger partial charge is 0.164 e. The second-order valence-corrected chi connectivity index (χ2v) is 10.2. The van der Waals surface area contributed by atoms with Gasteiger partial charge in [-0.05, 0) is 17.5 Å². The van der Waals surface area contributed by atoms with E-state index in [9.17, 15) is 0 Å². The first kappa shape index (κ1) is 24.0. The van der Waals surface area contributed by atoms with E-state index in [2.05, 4.69) is 66.7 Å². The summed E-state index contributed by atoms with van der Waals surface area (Å²) < 4.78 is 0. The molecule has 0 aliphatic carbocycles. The Hall–Kier alpha value is -5.81. The van der Waals surface area contributed by atoms with Crippen LogP contribution < -0.4 is 0 Å². The Morgan fingerprint density at radius 3 is 1.45 bits per heavy atom. The first-order valence-electron chi connectivity index (χ1n) is 13.9. The number of fused-ring (bicyclic) bond motifs is 5. The first-order valence-corrected chi connectivity index (χ1v) is 13.9. The molecule has 0 amide bonds. The van der Waals surface area contributed by atoms with Gasteiger partial charge in [-0.1, -0.05) is 121 Å². The van der Waals surface area contributed by atoms with Crippen molar-refractivity contribution in [1.29, 1.82) is 0 Å². The fourth-order valence-electron chi connectivity index (χ4n) is 5.42. The molecule has 0 saturated carbocycles. The maximum Gasteiger partial charge on any atom is 0.164 e. The molecule has 3 heterocycles. The Bertz CT molecular complexity index is 2170. The lowest BCUT2D eigenvalue weighted by Gasteiger charge is -2.10. The van der Waals surface area contributed by atoms with Gasteiger partial charge in [-0.15, -0.1) is 0 Å². The number of rotatable bonds is 4. The lowest BCUT2D eigenvalue weighted by molar-refractivity contribution is 1.07. The predicted octanol–water partition coefficient (Wildman–Crippen LogP) is 8.79. The van der Waals surface area contributed by atoms with Crippen molar-refractivity contribution in [3.05, 3.63) is 140 Å². The van der Waals surface area contributed by atoms with Crippen LogP contribution in [0, 0.1) is 0 Å². The molecule has 196 valence electrons. The van der Waals surface area contributed by atoms with Crippen molar-refractivity contribution in [3.63, 3.8) is 0 Å². The number of aromatic nitrogens is 5. The summed E-state index contributed by atoms with van der Waals surface area (Å²) in [7, 11) is 0. The van der Waals surface area contributed by atoms with Crippen molar-refractivity contribution in [2.75, 3.05) is 0 Å². The van der Waals surface area contributed by atoms with Crippen LogP contribution in [0.25, 0.3) is 78.0 Å². The van der Waals surface area contributed by atoms with E-state index in [1.165, 1.54) is 0 Å². The van der Waals surface area contributed by atoms with E-state index < -0.39 is 0 Å². The van der Waals surface area contributed by atoms with E-state index in [1.54, 1.807) is 0 Å². The summed E-state index contributed by atoms with van der Waals surface area (Å²) in [6.07, 6.45) is 1.84. The van der Waals surface area contributed by atoms with Gasteiger partial charge in [-0.3, -0.25) is 4.98 Å². The van der Waals surface area contributed by atoms with Gasteiger partial charge in [0.2, 0.25) is 0 Å². The molecular weight excluding hydrogens is 514 g/mol. The third-order valence-electron chi connectivity index (χ3n) is 7.55. The second kappa shape index (κ2) is 9.98. The summed E-state index contributed by atoms with van der Waals surface area (Å²) in [5, 5.41) is 4.41. The fourth-order valence-corrected chi connectivity index (χ4v) is 5.42. The molecule has 0 fully saturated rings. The SMILES string of the molecule is c1ccc(-c2nc(-c3ccccc3)nc(-c3ccc(-c4ccc5ccc6ccc7cccnc7c6c5n4)cc3)n2)cc1. The molecular formula is C37H23N5. The fraction of sp³-hybridized carbons (Fsp3) is 0. The van der Waals surface area contributed by atoms with E-state index in [0.29, 0.717) is 17.5 Å². The molecule has 0 N–H and O–H groups in total. The van der Waals surface area contributed by atoms with Crippen LogP contribution in [0.15, 0.2) is 140 Å². The van der Waals surface area contributed by atoms with Gasteiger partial charge in [-0.2, -0.15) is 0 Å². The molecule has 42 heavy (non-hydrogen) atoms. The third kappa shape index (κ3) is 4.25. The van der Waals surface area contributed by atoms with E-state index >= 15 is 0 Å². The molecule has 8 rings (SSSR count). The Morgan fingerprint density at radius 1 is 0.333 bits per heavy atom. The van der Waals surface area contributed by atoms with Crippen molar-refractivity contribution in [2.45, 2.75) is 0 Å². The van der Waals surface area contributed by atoms with E-state index in [-0.39, 0.29) is 0 Å². The first-order chi connectivity index (χ1) is 20.8. The lowest BCUT2D eigenvalue weighted by atomic mass is 10.0. The molecule has 0 unspecified atom stereocenters. The van der Waals surface area contributed by atoms with Crippen LogP contribution in [0.5, 0.6) is 0 Å². The molecule has 0 aliphatic heterocycles. The summed E-state index contributed by atoms with van der Waals surface area (Å²) >= 11 is 0. The van der Waals surface area contributed by atoms with Crippen LogP contribution in [0.3, 0.4) is 0 Å². The highest BCUT2D eigenvalue weighted by Crippen LogP contribution is 2.32. The van der Waals surface area contributed by atoms with Gasteiger partial charge in [0.15, 0.2) is 17.5 Å². The lowest BCUT2D eigenvalue weighted by Crippen LogP contribution is -2.00. The zero-order valence-electron chi connectivity index (χ0n) is 22.5. The molecule has 0 saturated heterocycles. The standard InChI is InChI=1S/C37H23N5/c1-3-8-28(9-4-1)35-40-36(29-10-5-2-6-11-29)42-37(41-35)30-19-13-24(14-20-30)31-22-21-27-18-16-25-15-17-26-12-7-23-38-33(26)32(25)34(27)39-31/h1-23H. The van der Waals surface area contributed by atoms with Gasteiger partial charge in [-0.25, -0.2) is 19.9 Å². The molecule has 0 bridgehead atoms. The number of hydrogen-bond donors (Lipinski definition) is 0. The summed E-state index contributed by atoms with van der Waals surface area (Å²) in [6.45, 7) is 0. The molecule has 0 atom stereocenters. The normalized spacial score (nSPS) is 11.3. The molecule has 8 aromatic rings. The molecule has 5 heteroatoms. The van der Waals surface area contributed by atoms with Gasteiger partial charge in [0, 0.05) is 44.6 Å². The van der Waals surface area contributed by atoms with Gasteiger partial charge in [0.25, 0.3) is 0 Å². The topological polar surface area (TPSA) is 64.5 Å². The van der Waals surface area contributed by atoms with Crippen LogP contribution >= 0.6 is 0 Å². The molecule has 5 aromatic carbocycles. The number of benzene rings is 5. The minimum Gasteiger partial charge on any atom is -0.256 e. The zero-order chi connectivity index (χ0) is 27.9. The summed E-state index contributed by atoms with van der Waals surface area (Å²) in [5.41, 5.74) is 6.66. The molecule has 0 radical (unpaired) electrons. The predicted molar refractivity (Wildman–Crippen MR) is 170 cm³/mol. The quantitative estimate of drug-likeness (QED) is 0.210. The van der Waals surface area contributed by atoms with E-state index in [1.807, 2.05) is 72.9 Å². The Morgan fingerprint density at radius 2 is 0.833 bits per heavy atom. The summed E-state index contributed by atoms with van der Waals surface area (Å²) in [4.78, 5) is 24.4. The van der Waals surface area contributed by atoms with Crippen LogP contribution in [0.4, 0.5) is 0 Å². The van der Waals surface area contributed by atoms with Crippen LogP contribution in [-0.4, -0.2) is 24.9 Å². The highest BCUT2D eigenvalue weighted by molar-refractivity contribution is 6.17. The average molecular weight is 538 g/mol. The van der Waals surface area contributed by atoms with Gasteiger partial charge >= 0.3 is 0 Å². The number of nitrogens with zero attached hydrogens (tertiary/aromatic N) is 5. The maximum atomic E-state index is 5.15. The van der Waals surface area contributed by atoms with Crippen LogP contribution in [0.1, 0.15) is 0 Å². The summed E-state index contributed by atoms with van der Waals surface area (Å²) in [5.74, 6) is 1.92. The Kier molecular flexibility index (Phi) is 5.71. The highest BCUT2D eigenvalue weighted by atomic mass is 15.0. The largest absolute Gasteiger partial charge is 0.256 e. The highest BCUT2D eigenvalue weighted by Gasteiger charge is 2.13. The molecule has 0 spiro atoms. The van der Waals surface area contributed by atoms with Gasteiger partial charge in [0.05, 0.1) is 16.7 Å². The number of hydrogen-bond acceptors (Lipinski definition) is 5. The molecule has 0 aliphatic rings. The monoisotopic (exact) mass is 537 g/mol. The van der Waals surface area contributed by atoms with Crippen molar-refractivity contribution in [2.24, 2.45) is 0 Å². The van der Waals surface area contributed by atoms with Crippen LogP contribution in [0.2, 0.25) is 0 Å². The number of pyridine rings is 2. The zero-order valence-corrected chi connectivity index (χ0v) is 22.5. The molecule has 3 aromatic heterocycles.